The second kappa shape index (κ2) is 14.8. The van der Waals surface area contributed by atoms with Crippen LogP contribution in [0.4, 0.5) is 21.6 Å². The van der Waals surface area contributed by atoms with Gasteiger partial charge in [-0.25, -0.2) is 9.97 Å². The van der Waals surface area contributed by atoms with E-state index < -0.39 is 11.4 Å². The van der Waals surface area contributed by atoms with E-state index >= 15 is 0 Å². The van der Waals surface area contributed by atoms with Crippen molar-refractivity contribution in [1.29, 1.82) is 0 Å². The number of aromatic nitrogens is 4. The number of carbonyl (C=O) groups is 2. The van der Waals surface area contributed by atoms with E-state index in [1.807, 2.05) is 26.8 Å². The Kier molecular flexibility index (Phi) is 10.5. The van der Waals surface area contributed by atoms with Crippen molar-refractivity contribution in [3.8, 4) is 17.4 Å². The number of methoxy groups -OCH3 is 1. The van der Waals surface area contributed by atoms with Gasteiger partial charge >= 0.3 is 0 Å². The Labute approximate surface area is 276 Å². The Morgan fingerprint density at radius 3 is 2.64 bits per heavy atom. The zero-order valence-electron chi connectivity index (χ0n) is 26.5. The number of benzene rings is 2. The number of amides is 2. The predicted molar refractivity (Wildman–Crippen MR) is 176 cm³/mol. The van der Waals surface area contributed by atoms with Crippen molar-refractivity contribution in [2.24, 2.45) is 0 Å². The number of anilines is 3. The number of halogens is 2. The van der Waals surface area contributed by atoms with Crippen molar-refractivity contribution in [1.82, 2.24) is 30.0 Å². The number of hydrogen-bond donors (Lipinski definition) is 3. The van der Waals surface area contributed by atoms with E-state index in [4.69, 9.17) is 25.8 Å². The van der Waals surface area contributed by atoms with Gasteiger partial charge in [-0.05, 0) is 39.0 Å². The molecule has 0 aliphatic carbocycles. The number of morpholine rings is 1. The third-order valence-corrected chi connectivity index (χ3v) is 7.18. The molecule has 0 atom stereocenters. The minimum Gasteiger partial charge on any atom is -0.494 e. The summed E-state index contributed by atoms with van der Waals surface area (Å²) in [5.74, 6) is -0.572. The van der Waals surface area contributed by atoms with Gasteiger partial charge in [-0.1, -0.05) is 17.7 Å². The van der Waals surface area contributed by atoms with E-state index in [9.17, 15) is 14.0 Å². The first kappa shape index (κ1) is 33.6. The van der Waals surface area contributed by atoms with Crippen molar-refractivity contribution in [2.75, 3.05) is 50.6 Å². The van der Waals surface area contributed by atoms with Gasteiger partial charge in [0.2, 0.25) is 17.6 Å². The van der Waals surface area contributed by atoms with Gasteiger partial charge in [-0.15, -0.1) is 5.10 Å². The molecule has 3 N–H and O–H groups in total. The van der Waals surface area contributed by atoms with Crippen LogP contribution >= 0.6 is 11.6 Å². The van der Waals surface area contributed by atoms with Crippen LogP contribution in [0.3, 0.4) is 0 Å². The molecule has 0 unspecified atom stereocenters. The average Bonchev–Trinajstić information content (AvgIpc) is 3.35. The molecule has 3 heterocycles. The van der Waals surface area contributed by atoms with Crippen LogP contribution in [0.1, 0.15) is 20.8 Å². The molecule has 13 nitrogen and oxygen atoms in total. The van der Waals surface area contributed by atoms with Gasteiger partial charge in [-0.3, -0.25) is 19.2 Å². The first-order valence-electron chi connectivity index (χ1n) is 14.9. The molecule has 1 aliphatic rings. The number of nitrogens with one attached hydrogen (secondary N) is 3. The van der Waals surface area contributed by atoms with Gasteiger partial charge in [-0.2, -0.15) is 4.39 Å². The molecule has 15 heteroatoms. The summed E-state index contributed by atoms with van der Waals surface area (Å²) >= 11 is 6.57. The largest absolute Gasteiger partial charge is 0.494 e. The molecule has 2 aromatic heterocycles. The van der Waals surface area contributed by atoms with Crippen LogP contribution in [0.15, 0.2) is 55.0 Å². The lowest BCUT2D eigenvalue weighted by atomic mass is 10.1. The smallest absolute Gasteiger partial charge is 0.274 e. The SMILES string of the molecule is COc1cc2ncnc(Nc3ccc(Oc4nn(CC(=O)NC(C)(C)C)cc4F)cc3Cl)c2cc1NC(=O)/C=C/CN1CCOCC1. The molecule has 1 aliphatic heterocycles. The summed E-state index contributed by atoms with van der Waals surface area (Å²) in [6.45, 7) is 9.03. The van der Waals surface area contributed by atoms with E-state index in [0.29, 0.717) is 53.6 Å². The second-order valence-electron chi connectivity index (χ2n) is 11.7. The summed E-state index contributed by atoms with van der Waals surface area (Å²) in [4.78, 5) is 35.9. The maximum absolute atomic E-state index is 14.6. The van der Waals surface area contributed by atoms with Gasteiger partial charge in [0, 0.05) is 48.8 Å². The summed E-state index contributed by atoms with van der Waals surface area (Å²) in [6, 6.07) is 8.14. The highest BCUT2D eigenvalue weighted by atomic mass is 35.5. The Morgan fingerprint density at radius 1 is 1.13 bits per heavy atom. The van der Waals surface area contributed by atoms with Crippen LogP contribution in [-0.4, -0.2) is 82.0 Å². The van der Waals surface area contributed by atoms with Crippen LogP contribution in [0.2, 0.25) is 5.02 Å². The summed E-state index contributed by atoms with van der Waals surface area (Å²) in [6.07, 6.45) is 5.78. The Morgan fingerprint density at radius 2 is 1.91 bits per heavy atom. The molecule has 2 amide bonds. The van der Waals surface area contributed by atoms with Crippen molar-refractivity contribution in [3.05, 3.63) is 65.8 Å². The molecule has 248 valence electrons. The maximum Gasteiger partial charge on any atom is 0.274 e. The van der Waals surface area contributed by atoms with E-state index in [1.165, 1.54) is 25.6 Å². The summed E-state index contributed by atoms with van der Waals surface area (Å²) < 4.78 is 32.2. The van der Waals surface area contributed by atoms with Crippen molar-refractivity contribution >= 4 is 51.5 Å². The van der Waals surface area contributed by atoms with E-state index in [1.54, 1.807) is 24.3 Å². The molecule has 2 aromatic carbocycles. The van der Waals surface area contributed by atoms with Gasteiger partial charge < -0.3 is 30.2 Å². The minimum absolute atomic E-state index is 0.170. The zero-order chi connectivity index (χ0) is 33.6. The van der Waals surface area contributed by atoms with Gasteiger partial charge in [0.15, 0.2) is 0 Å². The first-order chi connectivity index (χ1) is 22.5. The molecule has 0 bridgehead atoms. The standard InChI is InChI=1S/C32H36ClFN8O5/c1-32(2,3)39-29(44)18-42-17-23(34)31(40-42)47-20-7-8-24(22(33)14-20)38-30-21-15-26(27(45-4)16-25(21)35-19-36-30)37-28(43)6-5-9-41-10-12-46-13-11-41/h5-8,14-17,19H,9-13,18H2,1-4H3,(H,37,43)(H,39,44)(H,35,36,38)/b6-5+. The fourth-order valence-electron chi connectivity index (χ4n) is 4.75. The van der Waals surface area contributed by atoms with Crippen molar-refractivity contribution in [2.45, 2.75) is 32.9 Å². The Hall–Kier alpha value is -4.79. The third-order valence-electron chi connectivity index (χ3n) is 6.87. The predicted octanol–water partition coefficient (Wildman–Crippen LogP) is 4.90. The minimum atomic E-state index is -0.731. The zero-order valence-corrected chi connectivity index (χ0v) is 27.2. The normalized spacial score (nSPS) is 13.9. The number of carbonyl (C=O) groups excluding carboxylic acids is 2. The highest BCUT2D eigenvalue weighted by molar-refractivity contribution is 6.33. The lowest BCUT2D eigenvalue weighted by Crippen LogP contribution is -2.42. The molecule has 0 spiro atoms. The number of fused-ring (bicyclic) bond motifs is 1. The molecule has 5 rings (SSSR count). The van der Waals surface area contributed by atoms with Gasteiger partial charge in [0.1, 0.15) is 30.2 Å². The monoisotopic (exact) mass is 666 g/mol. The van der Waals surface area contributed by atoms with Gasteiger partial charge in [0.25, 0.3) is 5.88 Å². The van der Waals surface area contributed by atoms with Crippen LogP contribution in [0.5, 0.6) is 17.4 Å². The van der Waals surface area contributed by atoms with E-state index in [-0.39, 0.29) is 35.0 Å². The van der Waals surface area contributed by atoms with Gasteiger partial charge in [0.05, 0.1) is 48.4 Å². The maximum atomic E-state index is 14.6. The lowest BCUT2D eigenvalue weighted by molar-refractivity contribution is -0.123. The molecule has 4 aromatic rings. The topological polar surface area (TPSA) is 145 Å². The molecule has 1 fully saturated rings. The number of hydrogen-bond acceptors (Lipinski definition) is 10. The molecular weight excluding hydrogens is 631 g/mol. The Balaban J connectivity index is 1.28. The average molecular weight is 667 g/mol. The summed E-state index contributed by atoms with van der Waals surface area (Å²) in [7, 11) is 1.51. The highest BCUT2D eigenvalue weighted by Crippen LogP contribution is 2.36. The summed E-state index contributed by atoms with van der Waals surface area (Å²) in [5.41, 5.74) is 1.06. The molecule has 47 heavy (non-hydrogen) atoms. The van der Waals surface area contributed by atoms with E-state index in [0.717, 1.165) is 24.0 Å². The van der Waals surface area contributed by atoms with Crippen molar-refractivity contribution in [3.63, 3.8) is 0 Å². The molecule has 0 saturated carbocycles. The van der Waals surface area contributed by atoms with Crippen LogP contribution in [-0.2, 0) is 20.9 Å². The van der Waals surface area contributed by atoms with Crippen LogP contribution in [0, 0.1) is 5.82 Å². The molecule has 0 radical (unpaired) electrons. The fourth-order valence-corrected chi connectivity index (χ4v) is 4.97. The van der Waals surface area contributed by atoms with Crippen molar-refractivity contribution < 1.29 is 28.2 Å². The number of ether oxygens (including phenoxy) is 3. The molecule has 1 saturated heterocycles. The third kappa shape index (κ3) is 9.15. The van der Waals surface area contributed by atoms with Crippen LogP contribution < -0.4 is 25.4 Å². The molecular formula is C32H36ClFN8O5. The Bertz CT molecular complexity index is 1790. The summed E-state index contributed by atoms with van der Waals surface area (Å²) in [5, 5.41) is 13.8. The van der Waals surface area contributed by atoms with Crippen LogP contribution in [0.25, 0.3) is 10.9 Å². The van der Waals surface area contributed by atoms with E-state index in [2.05, 4.69) is 35.9 Å². The lowest BCUT2D eigenvalue weighted by Gasteiger charge is -2.25. The fraction of sp³-hybridized carbons (Fsp3) is 0.344. The number of nitrogens with zero attached hydrogens (tertiary/aromatic N) is 5. The second-order valence-corrected chi connectivity index (χ2v) is 12.2. The quantitative estimate of drug-likeness (QED) is 0.189. The first-order valence-corrected chi connectivity index (χ1v) is 15.2. The highest BCUT2D eigenvalue weighted by Gasteiger charge is 2.18. The number of rotatable bonds is 11.